The van der Waals surface area contributed by atoms with Crippen molar-refractivity contribution >= 4 is 59.1 Å². The zero-order chi connectivity index (χ0) is 53.0. The van der Waals surface area contributed by atoms with Gasteiger partial charge >= 0.3 is 0 Å². The van der Waals surface area contributed by atoms with E-state index < -0.39 is 121 Å². The molecule has 1 aromatic rings. The van der Waals surface area contributed by atoms with Crippen molar-refractivity contribution < 1.29 is 48.3 Å². The molecule has 29 nitrogen and oxygen atoms in total. The molecule has 0 bridgehead atoms. The number of aliphatic hydroxyl groups excluding tert-OH is 1. The number of carbonyl (C=O) groups is 9. The van der Waals surface area contributed by atoms with Gasteiger partial charge in [-0.25, -0.2) is 4.98 Å². The topological polar surface area (TPSA) is 508 Å². The summed E-state index contributed by atoms with van der Waals surface area (Å²) < 4.78 is 0. The number of amides is 9. The van der Waals surface area contributed by atoms with Crippen LogP contribution in [-0.2, 0) is 49.6 Å². The third-order valence-corrected chi connectivity index (χ3v) is 11.4. The molecule has 1 unspecified atom stereocenters. The second kappa shape index (κ2) is 32.4. The van der Waals surface area contributed by atoms with E-state index in [0.717, 1.165) is 0 Å². The summed E-state index contributed by atoms with van der Waals surface area (Å²) in [5.74, 6) is -7.23. The molecule has 9 amide bonds. The van der Waals surface area contributed by atoms with E-state index in [1.165, 1.54) is 24.3 Å². The molecule has 0 aromatic carbocycles. The number of hydrogen-bond acceptors (Lipinski definition) is 17. The highest BCUT2D eigenvalue weighted by molar-refractivity contribution is 5.98. The number of carbonyl (C=O) groups excluding carboxylic acids is 9. The number of aromatic nitrogens is 2. The Labute approximate surface area is 412 Å². The van der Waals surface area contributed by atoms with Crippen molar-refractivity contribution in [1.29, 1.82) is 5.41 Å². The van der Waals surface area contributed by atoms with E-state index in [4.69, 9.17) is 45.5 Å². The summed E-state index contributed by atoms with van der Waals surface area (Å²) in [6.07, 6.45) is 4.31. The standard InChI is InChI=1S/C42H77N19O10/c1-23(55-40(70)33(31(62)19-46)60-36(66)25(47)8-2-3-13-43)35(65)53-21-32(63)56-28(10-5-15-45)41(71)61-17-7-12-30(61)39(69)59-29(18-24-20-51-22-54-24)38(68)58-27(9-4-14-44)37(67)57-26(34(48)64)11-6-16-52-42(49)50/h20,22-23,25-31,33,62H,2-19,21,43-47H2,1H3,(H2,48,64)(H,51,54)(H,53,65)(H,55,70)(H,56,63)(H,57,67)(H,58,68)(H,59,69)(H,60,66)(H4,49,50,52)/t23-,25?,26+,27-,28+,29-,30-,31-,33-/m0/s1. The van der Waals surface area contributed by atoms with Crippen molar-refractivity contribution in [2.75, 3.05) is 45.8 Å². The molecule has 0 saturated carbocycles. The fourth-order valence-electron chi connectivity index (χ4n) is 7.43. The van der Waals surface area contributed by atoms with E-state index >= 15 is 0 Å². The average molecular weight is 1010 g/mol. The zero-order valence-electron chi connectivity index (χ0n) is 40.3. The summed E-state index contributed by atoms with van der Waals surface area (Å²) >= 11 is 0. The number of primary amides is 1. The van der Waals surface area contributed by atoms with Gasteiger partial charge in [0.1, 0.15) is 42.3 Å². The van der Waals surface area contributed by atoms with Gasteiger partial charge in [-0.15, -0.1) is 0 Å². The van der Waals surface area contributed by atoms with Gasteiger partial charge in [0.2, 0.25) is 53.2 Å². The summed E-state index contributed by atoms with van der Waals surface area (Å²) in [5, 5.41) is 37.9. The Morgan fingerprint density at radius 1 is 0.746 bits per heavy atom. The van der Waals surface area contributed by atoms with Crippen molar-refractivity contribution in [3.63, 3.8) is 0 Å². The van der Waals surface area contributed by atoms with Crippen LogP contribution in [0.1, 0.15) is 83.2 Å². The number of likely N-dealkylation sites (tertiary alicyclic amines) is 1. The number of unbranched alkanes of at least 4 members (excludes halogenated alkanes) is 1. The molecule has 1 aliphatic rings. The number of rotatable bonds is 34. The normalized spacial score (nSPS) is 16.6. The molecule has 2 rings (SSSR count). The summed E-state index contributed by atoms with van der Waals surface area (Å²) in [7, 11) is 0. The SMILES string of the molecule is C[C@H](NC(=O)[C@@H](NC(=O)C(N)CCCCN)[C@@H](O)CN)C(=O)NCC(=O)N[C@H](CCCN)C(=O)N1CCC[C@H]1C(=O)N[C@@H](Cc1cnc[nH]1)C(=O)N[C@@H](CCCN)C(=O)N[C@H](CCCNC(=N)N)C(N)=O. The van der Waals surface area contributed by atoms with Crippen molar-refractivity contribution in [2.24, 2.45) is 40.1 Å². The van der Waals surface area contributed by atoms with Gasteiger partial charge in [-0.1, -0.05) is 6.42 Å². The van der Waals surface area contributed by atoms with Crippen LogP contribution >= 0.6 is 0 Å². The minimum Gasteiger partial charge on any atom is -0.389 e. The number of nitrogens with two attached hydrogens (primary N) is 7. The molecule has 400 valence electrons. The summed E-state index contributed by atoms with van der Waals surface area (Å²) in [6, 6.07) is -9.78. The van der Waals surface area contributed by atoms with Crippen LogP contribution in [0.25, 0.3) is 0 Å². The van der Waals surface area contributed by atoms with E-state index in [2.05, 4.69) is 52.5 Å². The Bertz CT molecular complexity index is 1910. The molecule has 1 aliphatic heterocycles. The number of nitrogens with one attached hydrogen (secondary N) is 10. The van der Waals surface area contributed by atoms with Crippen molar-refractivity contribution in [2.45, 2.75) is 138 Å². The van der Waals surface area contributed by atoms with Crippen LogP contribution in [0, 0.1) is 5.41 Å². The maximum absolute atomic E-state index is 14.1. The van der Waals surface area contributed by atoms with Crippen LogP contribution in [0.2, 0.25) is 0 Å². The third kappa shape index (κ3) is 21.6. The van der Waals surface area contributed by atoms with Crippen molar-refractivity contribution in [3.8, 4) is 0 Å². The van der Waals surface area contributed by atoms with Crippen LogP contribution < -0.4 is 82.7 Å². The zero-order valence-corrected chi connectivity index (χ0v) is 40.3. The maximum atomic E-state index is 14.1. The molecule has 0 aliphatic carbocycles. The van der Waals surface area contributed by atoms with Crippen LogP contribution in [-0.4, -0.2) is 179 Å². The highest BCUT2D eigenvalue weighted by atomic mass is 16.3. The van der Waals surface area contributed by atoms with Gasteiger partial charge in [0.05, 0.1) is 25.0 Å². The molecule has 1 fully saturated rings. The first-order valence-corrected chi connectivity index (χ1v) is 23.8. The molecule has 25 N–H and O–H groups in total. The molecular weight excluding hydrogens is 931 g/mol. The van der Waals surface area contributed by atoms with Gasteiger partial charge in [-0.3, -0.25) is 48.6 Å². The second-order valence-electron chi connectivity index (χ2n) is 17.1. The summed E-state index contributed by atoms with van der Waals surface area (Å²) in [6.45, 7) is 1.30. The van der Waals surface area contributed by atoms with Gasteiger partial charge in [-0.05, 0) is 90.8 Å². The highest BCUT2D eigenvalue weighted by Crippen LogP contribution is 2.20. The van der Waals surface area contributed by atoms with Crippen molar-refractivity contribution in [3.05, 3.63) is 18.2 Å². The molecule has 0 radical (unpaired) electrons. The molecular formula is C42H77N19O10. The Morgan fingerprint density at radius 2 is 1.38 bits per heavy atom. The number of aliphatic hydroxyl groups is 1. The predicted molar refractivity (Wildman–Crippen MR) is 258 cm³/mol. The lowest BCUT2D eigenvalue weighted by Gasteiger charge is -2.30. The van der Waals surface area contributed by atoms with Gasteiger partial charge in [-0.2, -0.15) is 0 Å². The van der Waals surface area contributed by atoms with Crippen LogP contribution in [0.3, 0.4) is 0 Å². The Morgan fingerprint density at radius 3 is 1.99 bits per heavy atom. The third-order valence-electron chi connectivity index (χ3n) is 11.4. The number of H-pyrrole nitrogens is 1. The monoisotopic (exact) mass is 1010 g/mol. The molecule has 0 spiro atoms. The van der Waals surface area contributed by atoms with E-state index in [0.29, 0.717) is 44.3 Å². The first kappa shape index (κ1) is 60.6. The lowest BCUT2D eigenvalue weighted by Crippen LogP contribution is -2.60. The average Bonchev–Trinajstić information content (AvgIpc) is 4.05. The predicted octanol–water partition coefficient (Wildman–Crippen LogP) is -8.01. The number of aromatic amines is 1. The van der Waals surface area contributed by atoms with Crippen molar-refractivity contribution in [1.82, 2.24) is 57.4 Å². The largest absolute Gasteiger partial charge is 0.389 e. The van der Waals surface area contributed by atoms with E-state index in [1.54, 1.807) is 0 Å². The van der Waals surface area contributed by atoms with Crippen LogP contribution in [0.4, 0.5) is 0 Å². The number of imidazole rings is 1. The second-order valence-corrected chi connectivity index (χ2v) is 17.1. The van der Waals surface area contributed by atoms with E-state index in [1.807, 2.05) is 0 Å². The fourth-order valence-corrected chi connectivity index (χ4v) is 7.43. The molecule has 2 heterocycles. The fraction of sp³-hybridized carbons (Fsp3) is 0.690. The number of hydrogen-bond donors (Lipinski definition) is 18. The quantitative estimate of drug-likeness (QED) is 0.0173. The summed E-state index contributed by atoms with van der Waals surface area (Å²) in [5.41, 5.74) is 39.7. The Kier molecular flexibility index (Phi) is 27.6. The molecule has 1 aromatic heterocycles. The highest BCUT2D eigenvalue weighted by Gasteiger charge is 2.40. The van der Waals surface area contributed by atoms with Gasteiger partial charge in [0.15, 0.2) is 5.96 Å². The van der Waals surface area contributed by atoms with Crippen LogP contribution in [0.5, 0.6) is 0 Å². The maximum Gasteiger partial charge on any atom is 0.245 e. The molecule has 9 atom stereocenters. The van der Waals surface area contributed by atoms with Gasteiger partial charge in [0, 0.05) is 37.9 Å². The number of nitrogens with zero attached hydrogens (tertiary/aromatic N) is 2. The van der Waals surface area contributed by atoms with Crippen LogP contribution in [0.15, 0.2) is 12.5 Å². The number of guanidine groups is 1. The first-order valence-electron chi connectivity index (χ1n) is 23.8. The molecule has 71 heavy (non-hydrogen) atoms. The Balaban J connectivity index is 2.16. The minimum absolute atomic E-state index is 0.0581. The molecule has 1 saturated heterocycles. The van der Waals surface area contributed by atoms with Gasteiger partial charge in [0.25, 0.3) is 0 Å². The smallest absolute Gasteiger partial charge is 0.245 e. The minimum atomic E-state index is -1.56. The lowest BCUT2D eigenvalue weighted by atomic mass is 10.0. The molecule has 29 heteroatoms. The summed E-state index contributed by atoms with van der Waals surface area (Å²) in [4.78, 5) is 128. The van der Waals surface area contributed by atoms with Gasteiger partial charge < -0.3 is 97.7 Å². The Hall–Kier alpha value is -6.53. The first-order chi connectivity index (χ1) is 33.8. The lowest BCUT2D eigenvalue weighted by molar-refractivity contribution is -0.142. The van der Waals surface area contributed by atoms with E-state index in [9.17, 15) is 48.3 Å². The van der Waals surface area contributed by atoms with E-state index in [-0.39, 0.29) is 77.1 Å².